The van der Waals surface area contributed by atoms with Crippen LogP contribution in [0.4, 0.5) is 0 Å². The number of carbonyl (C=O) groups excluding carboxylic acids is 1. The maximum absolute atomic E-state index is 12.4. The first kappa shape index (κ1) is 37.6. The fourth-order valence-corrected chi connectivity index (χ4v) is 10.5. The zero-order valence-corrected chi connectivity index (χ0v) is 32.1. The molecule has 2 aliphatic heterocycles. The minimum absolute atomic E-state index is 0. The second-order valence-corrected chi connectivity index (χ2v) is 16.4. The topological polar surface area (TPSA) is 97.5 Å². The number of piperazine rings is 1. The van der Waals surface area contributed by atoms with Crippen molar-refractivity contribution < 1.29 is 28.6 Å². The summed E-state index contributed by atoms with van der Waals surface area (Å²) in [6.07, 6.45) is 17.4. The van der Waals surface area contributed by atoms with Crippen LogP contribution < -0.4 is 14.2 Å². The number of rotatable bonds is 5. The Morgan fingerprint density at radius 1 is 1.04 bits per heavy atom. The number of fused-ring (bicyclic) bond motifs is 7. The van der Waals surface area contributed by atoms with Gasteiger partial charge in [-0.1, -0.05) is 48.2 Å². The van der Waals surface area contributed by atoms with Gasteiger partial charge in [-0.25, -0.2) is 0 Å². The molecule has 53 heavy (non-hydrogen) atoms. The van der Waals surface area contributed by atoms with E-state index in [1.54, 1.807) is 29.8 Å². The molecule has 4 fully saturated rings. The van der Waals surface area contributed by atoms with Gasteiger partial charge in [-0.15, -0.1) is 18.8 Å². The van der Waals surface area contributed by atoms with Crippen LogP contribution in [-0.4, -0.2) is 71.2 Å². The molecule has 3 aromatic rings. The molecule has 9 nitrogen and oxygen atoms in total. The number of terminal acetylenes is 1. The highest BCUT2D eigenvalue weighted by Crippen LogP contribution is 2.67. The summed E-state index contributed by atoms with van der Waals surface area (Å²) in [5.41, 5.74) is 3.18. The minimum atomic E-state index is -0.909. The molecule has 3 heterocycles. The van der Waals surface area contributed by atoms with Crippen molar-refractivity contribution >= 4 is 36.0 Å². The Kier molecular flexibility index (Phi) is 10.6. The zero-order chi connectivity index (χ0) is 36.1. The normalized spacial score (nSPS) is 30.9. The molecule has 6 unspecified atom stereocenters. The Morgan fingerprint density at radius 2 is 1.79 bits per heavy atom. The lowest BCUT2D eigenvalue weighted by molar-refractivity contribution is -0.135. The van der Waals surface area contributed by atoms with Gasteiger partial charge >= 0.3 is 0 Å². The van der Waals surface area contributed by atoms with Crippen molar-refractivity contribution in [1.82, 2.24) is 15.0 Å². The third kappa shape index (κ3) is 6.93. The van der Waals surface area contributed by atoms with Crippen LogP contribution in [0, 0.1) is 40.9 Å². The van der Waals surface area contributed by atoms with E-state index in [-0.39, 0.29) is 42.5 Å². The van der Waals surface area contributed by atoms with Crippen molar-refractivity contribution in [2.75, 3.05) is 39.6 Å². The predicted octanol–water partition coefficient (Wildman–Crippen LogP) is 7.43. The van der Waals surface area contributed by atoms with E-state index in [0.29, 0.717) is 41.6 Å². The van der Waals surface area contributed by atoms with Crippen LogP contribution >= 0.6 is 24.0 Å². The summed E-state index contributed by atoms with van der Waals surface area (Å²) in [5.74, 6) is 7.90. The van der Waals surface area contributed by atoms with Crippen LogP contribution in [0.3, 0.4) is 0 Å². The Labute approximate surface area is 323 Å². The predicted molar refractivity (Wildman–Crippen MR) is 205 cm³/mol. The molecular weight excluding hydrogens is 713 g/mol. The van der Waals surface area contributed by atoms with Gasteiger partial charge in [-0.05, 0) is 116 Å². The van der Waals surface area contributed by atoms with Crippen LogP contribution in [0.25, 0.3) is 6.08 Å². The van der Waals surface area contributed by atoms with Crippen LogP contribution in [0.1, 0.15) is 69.3 Å². The fourth-order valence-electron chi connectivity index (χ4n) is 10.4. The van der Waals surface area contributed by atoms with Gasteiger partial charge in [0.2, 0.25) is 6.79 Å². The van der Waals surface area contributed by atoms with E-state index in [0.717, 1.165) is 75.4 Å². The molecule has 282 valence electrons. The van der Waals surface area contributed by atoms with Crippen LogP contribution in [0.15, 0.2) is 58.8 Å². The van der Waals surface area contributed by atoms with E-state index in [1.807, 2.05) is 23.2 Å². The lowest BCUT2D eigenvalue weighted by Crippen LogP contribution is -2.54. The number of carbonyl (C=O) groups is 1. The molecule has 1 N–H and O–H groups in total. The van der Waals surface area contributed by atoms with Gasteiger partial charge in [0.15, 0.2) is 23.9 Å². The van der Waals surface area contributed by atoms with Gasteiger partial charge in [-0.3, -0.25) is 9.69 Å². The van der Waals surface area contributed by atoms with Crippen LogP contribution in [0.2, 0.25) is 5.02 Å². The van der Waals surface area contributed by atoms with E-state index >= 15 is 0 Å². The maximum atomic E-state index is 12.4. The van der Waals surface area contributed by atoms with Gasteiger partial charge in [0, 0.05) is 48.7 Å². The van der Waals surface area contributed by atoms with E-state index < -0.39 is 5.60 Å². The van der Waals surface area contributed by atoms with Crippen LogP contribution in [-0.2, 0) is 17.8 Å². The molecule has 9 rings (SSSR count). The first-order chi connectivity index (χ1) is 25.1. The van der Waals surface area contributed by atoms with E-state index in [4.69, 9.17) is 36.8 Å². The van der Waals surface area contributed by atoms with Gasteiger partial charge in [0.05, 0.1) is 6.20 Å². The number of ether oxygens (including phenoxy) is 3. The second-order valence-electron chi connectivity index (χ2n) is 16.0. The summed E-state index contributed by atoms with van der Waals surface area (Å²) in [6.45, 7) is 8.95. The molecule has 11 heteroatoms. The maximum Gasteiger partial charge on any atom is 0.260 e. The lowest BCUT2D eigenvalue weighted by atomic mass is 9.46. The number of halogens is 2. The Balaban J connectivity index is 0.000000161. The summed E-state index contributed by atoms with van der Waals surface area (Å²) >= 11 is 5.85. The highest BCUT2D eigenvalue weighted by atomic mass is 35.5. The molecule has 6 atom stereocenters. The van der Waals surface area contributed by atoms with E-state index in [1.165, 1.54) is 17.5 Å². The van der Waals surface area contributed by atoms with Crippen molar-refractivity contribution in [3.05, 3.63) is 76.1 Å². The van der Waals surface area contributed by atoms with Gasteiger partial charge in [-0.2, -0.15) is 0 Å². The number of aromatic nitrogens is 1. The summed E-state index contributed by atoms with van der Waals surface area (Å²) in [6, 6.07) is 13.1. The van der Waals surface area contributed by atoms with Crippen molar-refractivity contribution in [3.8, 4) is 29.6 Å². The standard InChI is InChI=1S/C22H27NO2.C20H21ClN2O4.ClH/c1-4-22(24)10-8-18-16-6-5-15-11-19-14(13-23-25-19)12-20(15,2)17(16)7-9-21(18,22)3;21-16-2-4-17(5-3-16)25-13-20(24)23-9-7-22(8-10-23)12-15-1-6-18-19(11-15)27-14-26-18;/h1,11,13,16-18,24H,5-10,12H2,2-3H3;1-6,11H,7-10,12-14H2;1H. The van der Waals surface area contributed by atoms with Gasteiger partial charge < -0.3 is 28.7 Å². The number of amides is 1. The first-order valence-corrected chi connectivity index (χ1v) is 19.1. The molecule has 0 radical (unpaired) electrons. The molecule has 0 spiro atoms. The van der Waals surface area contributed by atoms with Crippen molar-refractivity contribution in [3.63, 3.8) is 0 Å². The third-order valence-corrected chi connectivity index (χ3v) is 13.7. The van der Waals surface area contributed by atoms with Crippen LogP contribution in [0.5, 0.6) is 17.2 Å². The van der Waals surface area contributed by atoms with Crippen molar-refractivity contribution in [1.29, 1.82) is 0 Å². The average Bonchev–Trinajstić information content (AvgIpc) is 3.88. The number of hydrogen-bond donors (Lipinski definition) is 1. The Morgan fingerprint density at radius 3 is 2.57 bits per heavy atom. The zero-order valence-electron chi connectivity index (χ0n) is 30.5. The summed E-state index contributed by atoms with van der Waals surface area (Å²) in [5, 5.41) is 15.7. The molecule has 1 aromatic heterocycles. The summed E-state index contributed by atoms with van der Waals surface area (Å²) < 4.78 is 21.8. The van der Waals surface area contributed by atoms with Crippen molar-refractivity contribution in [2.24, 2.45) is 28.6 Å². The molecule has 1 amide bonds. The van der Waals surface area contributed by atoms with Gasteiger partial charge in [0.1, 0.15) is 11.4 Å². The first-order valence-electron chi connectivity index (χ1n) is 18.7. The summed E-state index contributed by atoms with van der Waals surface area (Å²) in [7, 11) is 0. The summed E-state index contributed by atoms with van der Waals surface area (Å²) in [4.78, 5) is 16.5. The second kappa shape index (κ2) is 14.9. The number of benzene rings is 2. The largest absolute Gasteiger partial charge is 0.484 e. The monoisotopic (exact) mass is 761 g/mol. The number of aliphatic hydroxyl groups is 1. The molecule has 6 aliphatic rings. The van der Waals surface area contributed by atoms with Crippen molar-refractivity contribution in [2.45, 2.75) is 70.9 Å². The highest BCUT2D eigenvalue weighted by molar-refractivity contribution is 6.30. The molecule has 0 bridgehead atoms. The average molecular weight is 763 g/mol. The molecule has 3 saturated carbocycles. The van der Waals surface area contributed by atoms with Gasteiger partial charge in [0.25, 0.3) is 5.91 Å². The molecular formula is C42H49Cl2N3O6. The third-order valence-electron chi connectivity index (χ3n) is 13.4. The minimum Gasteiger partial charge on any atom is -0.484 e. The number of allylic oxidation sites excluding steroid dienone is 1. The molecule has 1 saturated heterocycles. The van der Waals surface area contributed by atoms with E-state index in [9.17, 15) is 9.90 Å². The Hall–Kier alpha value is -3.68. The highest BCUT2D eigenvalue weighted by Gasteiger charge is 2.63. The quantitative estimate of drug-likeness (QED) is 0.268. The number of nitrogens with zero attached hydrogens (tertiary/aromatic N) is 3. The smallest absolute Gasteiger partial charge is 0.260 e. The Bertz CT molecular complexity index is 1880. The lowest BCUT2D eigenvalue weighted by Gasteiger charge is -2.58. The molecule has 4 aliphatic carbocycles. The fraction of sp³-hybridized carbons (Fsp3) is 0.524. The SMILES string of the molecule is C#CC1(O)CCC2C3CCC4=Cc5oncc5CC4(C)C3CCC21C.Cl.O=C(COc1ccc(Cl)cc1)N1CCN(Cc2ccc3c(c2)OCO3)CC1. The molecule has 2 aromatic carbocycles. The number of hydrogen-bond acceptors (Lipinski definition) is 8. The van der Waals surface area contributed by atoms with E-state index in [2.05, 4.69) is 42.0 Å².